The molecule has 0 fully saturated rings. The average Bonchev–Trinajstić information content (AvgIpc) is 2.43. The molecule has 4 heteroatoms. The van der Waals surface area contributed by atoms with E-state index in [4.69, 9.17) is 9.84 Å². The summed E-state index contributed by atoms with van der Waals surface area (Å²) in [5.74, 6) is 0.324. The highest BCUT2D eigenvalue weighted by Crippen LogP contribution is 2.24. The van der Waals surface area contributed by atoms with Gasteiger partial charge in [0.15, 0.2) is 0 Å². The number of carboxylic acids is 1. The fourth-order valence-corrected chi connectivity index (χ4v) is 1.99. The molecule has 1 N–H and O–H groups in total. The molecule has 0 amide bonds. The summed E-state index contributed by atoms with van der Waals surface area (Å²) >= 11 is 0. The highest BCUT2D eigenvalue weighted by Gasteiger charge is 2.04. The molecule has 4 nitrogen and oxygen atoms in total. The van der Waals surface area contributed by atoms with Gasteiger partial charge in [0.05, 0.1) is 17.8 Å². The number of pyridine rings is 1. The summed E-state index contributed by atoms with van der Waals surface area (Å²) in [7, 11) is 0. The lowest BCUT2D eigenvalue weighted by Crippen LogP contribution is -2.04. The van der Waals surface area contributed by atoms with Gasteiger partial charge in [0, 0.05) is 11.5 Å². The number of carboxylic acid groups (broad SMARTS) is 1. The van der Waals surface area contributed by atoms with E-state index >= 15 is 0 Å². The van der Waals surface area contributed by atoms with Crippen LogP contribution in [0.1, 0.15) is 25.1 Å². The number of aryl methyl sites for hydroxylation is 1. The molecule has 0 saturated carbocycles. The van der Waals surface area contributed by atoms with Crippen molar-refractivity contribution < 1.29 is 14.6 Å². The van der Waals surface area contributed by atoms with Crippen LogP contribution in [0.3, 0.4) is 0 Å². The van der Waals surface area contributed by atoms with Crippen LogP contribution >= 0.6 is 0 Å². The fraction of sp³-hybridized carbons (Fsp3) is 0.294. The highest BCUT2D eigenvalue weighted by molar-refractivity contribution is 5.87. The largest absolute Gasteiger partial charge is 0.493 e. The number of aromatic nitrogens is 1. The number of benzene rings is 1. The van der Waals surface area contributed by atoms with E-state index in [1.807, 2.05) is 31.2 Å². The third kappa shape index (κ3) is 4.05. The Balaban J connectivity index is 2.34. The first-order valence-electron chi connectivity index (χ1n) is 6.91. The van der Waals surface area contributed by atoms with Gasteiger partial charge in [-0.1, -0.05) is 13.8 Å². The van der Waals surface area contributed by atoms with E-state index in [1.54, 1.807) is 0 Å². The molecule has 0 atom stereocenters. The van der Waals surface area contributed by atoms with Crippen LogP contribution in [0.15, 0.2) is 30.3 Å². The van der Waals surface area contributed by atoms with Gasteiger partial charge in [-0.3, -0.25) is 0 Å². The first kappa shape index (κ1) is 15.0. The molecule has 0 aliphatic carbocycles. The van der Waals surface area contributed by atoms with Crippen molar-refractivity contribution in [2.75, 3.05) is 6.61 Å². The van der Waals surface area contributed by atoms with Crippen LogP contribution in [-0.2, 0) is 4.79 Å². The van der Waals surface area contributed by atoms with Crippen molar-refractivity contribution in [3.8, 4) is 5.75 Å². The van der Waals surface area contributed by atoms with Crippen LogP contribution in [0, 0.1) is 12.8 Å². The Labute approximate surface area is 124 Å². The Bertz CT molecular complexity index is 690. The molecule has 0 aliphatic rings. The summed E-state index contributed by atoms with van der Waals surface area (Å²) < 4.78 is 5.72. The minimum Gasteiger partial charge on any atom is -0.493 e. The summed E-state index contributed by atoms with van der Waals surface area (Å²) in [5.41, 5.74) is 2.51. The van der Waals surface area contributed by atoms with E-state index in [1.165, 1.54) is 6.08 Å². The average molecular weight is 285 g/mol. The maximum absolute atomic E-state index is 10.6. The zero-order valence-corrected chi connectivity index (χ0v) is 12.5. The normalized spacial score (nSPS) is 11.4. The minimum absolute atomic E-state index is 0.475. The molecule has 2 rings (SSSR count). The van der Waals surface area contributed by atoms with Crippen molar-refractivity contribution in [3.63, 3.8) is 0 Å². The van der Waals surface area contributed by atoms with Crippen molar-refractivity contribution in [2.24, 2.45) is 5.92 Å². The number of fused-ring (bicyclic) bond motifs is 1. The van der Waals surface area contributed by atoms with Crippen LogP contribution in [0.2, 0.25) is 0 Å². The van der Waals surface area contributed by atoms with Crippen molar-refractivity contribution in [1.82, 2.24) is 4.98 Å². The Kier molecular flexibility index (Phi) is 4.58. The molecule has 0 radical (unpaired) electrons. The first-order valence-corrected chi connectivity index (χ1v) is 6.91. The lowest BCUT2D eigenvalue weighted by Gasteiger charge is -2.10. The van der Waals surface area contributed by atoms with E-state index in [0.717, 1.165) is 28.3 Å². The van der Waals surface area contributed by atoms with Gasteiger partial charge in [0.25, 0.3) is 0 Å². The van der Waals surface area contributed by atoms with Crippen molar-refractivity contribution in [3.05, 3.63) is 41.6 Å². The minimum atomic E-state index is -0.980. The number of hydrogen-bond donors (Lipinski definition) is 1. The predicted octanol–water partition coefficient (Wildman–Crippen LogP) is 3.68. The first-order chi connectivity index (χ1) is 9.95. The zero-order valence-electron chi connectivity index (χ0n) is 12.5. The molecule has 1 heterocycles. The van der Waals surface area contributed by atoms with Crippen LogP contribution in [0.25, 0.3) is 17.0 Å². The standard InChI is InChI=1S/C17H19NO3/c1-11(2)10-21-14-5-6-16-15(9-14)12(3)8-13(18-16)4-7-17(19)20/h4-9,11H,10H2,1-3H3,(H,19,20)/b7-4+. The van der Waals surface area contributed by atoms with Gasteiger partial charge >= 0.3 is 5.97 Å². The summed E-state index contributed by atoms with van der Waals surface area (Å²) in [6, 6.07) is 7.64. The molecule has 0 bridgehead atoms. The molecule has 1 aromatic carbocycles. The number of rotatable bonds is 5. The quantitative estimate of drug-likeness (QED) is 0.851. The predicted molar refractivity (Wildman–Crippen MR) is 83.5 cm³/mol. The van der Waals surface area contributed by atoms with Crippen molar-refractivity contribution in [2.45, 2.75) is 20.8 Å². The van der Waals surface area contributed by atoms with E-state index < -0.39 is 5.97 Å². The maximum Gasteiger partial charge on any atom is 0.328 e. The molecular formula is C17H19NO3. The summed E-state index contributed by atoms with van der Waals surface area (Å²) in [6.07, 6.45) is 2.59. The van der Waals surface area contributed by atoms with E-state index in [0.29, 0.717) is 18.2 Å². The second kappa shape index (κ2) is 6.39. The van der Waals surface area contributed by atoms with Crippen molar-refractivity contribution in [1.29, 1.82) is 0 Å². The third-order valence-corrected chi connectivity index (χ3v) is 2.99. The smallest absolute Gasteiger partial charge is 0.328 e. The molecule has 0 spiro atoms. The van der Waals surface area contributed by atoms with Crippen LogP contribution in [0.5, 0.6) is 5.75 Å². The van der Waals surface area contributed by atoms with Gasteiger partial charge in [0.2, 0.25) is 0 Å². The fourth-order valence-electron chi connectivity index (χ4n) is 1.99. The van der Waals surface area contributed by atoms with Crippen molar-refractivity contribution >= 4 is 22.9 Å². The summed E-state index contributed by atoms with van der Waals surface area (Å²) in [6.45, 7) is 6.87. The molecule has 1 aromatic heterocycles. The Morgan fingerprint density at radius 3 is 2.81 bits per heavy atom. The van der Waals surface area contributed by atoms with Gasteiger partial charge in [-0.25, -0.2) is 9.78 Å². The summed E-state index contributed by atoms with van der Waals surface area (Å²) in [4.78, 5) is 15.0. The SMILES string of the molecule is Cc1cc(/C=C/C(=O)O)nc2ccc(OCC(C)C)cc12. The highest BCUT2D eigenvalue weighted by atomic mass is 16.5. The lowest BCUT2D eigenvalue weighted by molar-refractivity contribution is -0.131. The molecule has 21 heavy (non-hydrogen) atoms. The third-order valence-electron chi connectivity index (χ3n) is 2.99. The molecule has 0 saturated heterocycles. The maximum atomic E-state index is 10.6. The number of carbonyl (C=O) groups is 1. The van der Waals surface area contributed by atoms with Crippen LogP contribution in [0.4, 0.5) is 0 Å². The Morgan fingerprint density at radius 1 is 1.38 bits per heavy atom. The van der Waals surface area contributed by atoms with Gasteiger partial charge < -0.3 is 9.84 Å². The van der Waals surface area contributed by atoms with Gasteiger partial charge in [-0.2, -0.15) is 0 Å². The van der Waals surface area contributed by atoms with Crippen LogP contribution in [-0.4, -0.2) is 22.7 Å². The monoisotopic (exact) mass is 285 g/mol. The van der Waals surface area contributed by atoms with Gasteiger partial charge in [0.1, 0.15) is 5.75 Å². The second-order valence-corrected chi connectivity index (χ2v) is 5.42. The van der Waals surface area contributed by atoms with Gasteiger partial charge in [-0.05, 0) is 48.7 Å². The summed E-state index contributed by atoms with van der Waals surface area (Å²) in [5, 5.41) is 9.68. The molecule has 2 aromatic rings. The zero-order chi connectivity index (χ0) is 15.4. The molecule has 110 valence electrons. The van der Waals surface area contributed by atoms with E-state index in [-0.39, 0.29) is 0 Å². The number of nitrogens with zero attached hydrogens (tertiary/aromatic N) is 1. The van der Waals surface area contributed by atoms with E-state index in [9.17, 15) is 4.79 Å². The Morgan fingerprint density at radius 2 is 2.14 bits per heavy atom. The second-order valence-electron chi connectivity index (χ2n) is 5.42. The number of ether oxygens (including phenoxy) is 1. The van der Waals surface area contributed by atoms with Crippen LogP contribution < -0.4 is 4.74 Å². The topological polar surface area (TPSA) is 59.4 Å². The Hall–Kier alpha value is -2.36. The van der Waals surface area contributed by atoms with Gasteiger partial charge in [-0.15, -0.1) is 0 Å². The molecule has 0 unspecified atom stereocenters. The number of aliphatic carboxylic acids is 1. The lowest BCUT2D eigenvalue weighted by atomic mass is 10.1. The number of hydrogen-bond acceptors (Lipinski definition) is 3. The molecule has 0 aliphatic heterocycles. The molecular weight excluding hydrogens is 266 g/mol. The van der Waals surface area contributed by atoms with E-state index in [2.05, 4.69) is 18.8 Å².